The second-order valence-corrected chi connectivity index (χ2v) is 19.4. The van der Waals surface area contributed by atoms with Crippen LogP contribution in [0.3, 0.4) is 0 Å². The lowest BCUT2D eigenvalue weighted by Gasteiger charge is -2.34. The number of quaternary nitrogens is 1. The van der Waals surface area contributed by atoms with Gasteiger partial charge in [-0.15, -0.1) is 0 Å². The van der Waals surface area contributed by atoms with Crippen LogP contribution in [0.2, 0.25) is 0 Å². The lowest BCUT2D eigenvalue weighted by Crippen LogP contribution is -2.55. The van der Waals surface area contributed by atoms with Gasteiger partial charge in [-0.1, -0.05) is 203 Å². The molecule has 0 aromatic heterocycles. The number of allylic oxidation sites excluding steroid dienone is 10. The standard InChI is InChI=1S/C58H103NO7/c1-6-8-10-12-14-16-18-20-22-24-26-28-29-31-33-35-37-39-41-43-45-47-49-57(61)66-54(52-64-51-50-55(58(62)63)59(3,4)5)53-65-56(60)48-46-44-42-40-38-36-34-32-30-27-25-23-21-19-17-15-13-11-9-7-2/h9,11,15,17,21,23-24,26,29,31,54-55H,6-8,10,12-14,16,18-20,22,25,27-28,30,32-53H2,1-5H3/b11-9+,17-15+,23-21+,26-24+,31-29+. The summed E-state index contributed by atoms with van der Waals surface area (Å²) in [7, 11) is 5.42. The molecule has 0 aliphatic carbocycles. The highest BCUT2D eigenvalue weighted by atomic mass is 16.6. The van der Waals surface area contributed by atoms with Gasteiger partial charge in [-0.25, -0.2) is 0 Å². The highest BCUT2D eigenvalue weighted by molar-refractivity contribution is 5.70. The van der Waals surface area contributed by atoms with E-state index in [1.54, 1.807) is 21.1 Å². The maximum atomic E-state index is 12.8. The van der Waals surface area contributed by atoms with Crippen LogP contribution in [0.5, 0.6) is 0 Å². The summed E-state index contributed by atoms with van der Waals surface area (Å²) in [5, 5.41) is 11.7. The van der Waals surface area contributed by atoms with E-state index in [1.807, 2.05) is 0 Å². The molecule has 382 valence electrons. The summed E-state index contributed by atoms with van der Waals surface area (Å²) in [6.07, 6.45) is 61.1. The molecule has 0 rings (SSSR count). The normalized spacial score (nSPS) is 13.3. The topological polar surface area (TPSA) is 102 Å². The molecule has 0 N–H and O–H groups in total. The van der Waals surface area contributed by atoms with Gasteiger partial charge in [0.15, 0.2) is 6.10 Å². The summed E-state index contributed by atoms with van der Waals surface area (Å²) < 4.78 is 17.3. The number of carbonyl (C=O) groups excluding carboxylic acids is 3. The molecule has 0 saturated heterocycles. The Morgan fingerprint density at radius 3 is 1.26 bits per heavy atom. The number of aliphatic carboxylic acids is 1. The van der Waals surface area contributed by atoms with E-state index in [0.717, 1.165) is 70.6 Å². The first-order valence-electron chi connectivity index (χ1n) is 27.3. The number of esters is 2. The minimum Gasteiger partial charge on any atom is -0.544 e. The third kappa shape index (κ3) is 46.2. The predicted octanol–water partition coefficient (Wildman–Crippen LogP) is 14.8. The van der Waals surface area contributed by atoms with Crippen molar-refractivity contribution in [3.05, 3.63) is 60.8 Å². The SMILES string of the molecule is CC/C=C/C/C=C/C/C=C/CCCCCCCCCCCCC(=O)OCC(COCCC(C(=O)[O-])[N+](C)(C)C)OC(=O)CCCCCCCCC/C=C/C/C=C/CCCCCCCCCC. The van der Waals surface area contributed by atoms with E-state index in [9.17, 15) is 19.5 Å². The van der Waals surface area contributed by atoms with Crippen molar-refractivity contribution in [2.45, 2.75) is 251 Å². The molecule has 2 unspecified atom stereocenters. The number of unbranched alkanes of at least 4 members (excludes halogenated alkanes) is 25. The second kappa shape index (κ2) is 48.5. The van der Waals surface area contributed by atoms with Gasteiger partial charge in [0.05, 0.1) is 40.3 Å². The van der Waals surface area contributed by atoms with Crippen LogP contribution < -0.4 is 5.11 Å². The van der Waals surface area contributed by atoms with Crippen LogP contribution in [0.1, 0.15) is 239 Å². The zero-order valence-corrected chi connectivity index (χ0v) is 43.6. The molecular weight excluding hydrogens is 823 g/mol. The summed E-state index contributed by atoms with van der Waals surface area (Å²) in [5.74, 6) is -1.74. The van der Waals surface area contributed by atoms with Crippen molar-refractivity contribution >= 4 is 17.9 Å². The predicted molar refractivity (Wildman–Crippen MR) is 277 cm³/mol. The molecule has 8 nitrogen and oxygen atoms in total. The fourth-order valence-electron chi connectivity index (χ4n) is 7.94. The Labute approximate surface area is 407 Å². The van der Waals surface area contributed by atoms with E-state index in [1.165, 1.54) is 135 Å². The van der Waals surface area contributed by atoms with Gasteiger partial charge in [0, 0.05) is 19.3 Å². The molecule has 0 radical (unpaired) electrons. The van der Waals surface area contributed by atoms with E-state index in [2.05, 4.69) is 74.6 Å². The van der Waals surface area contributed by atoms with Crippen molar-refractivity contribution in [1.82, 2.24) is 0 Å². The molecule has 0 aromatic rings. The van der Waals surface area contributed by atoms with Crippen molar-refractivity contribution in [2.75, 3.05) is 41.0 Å². The highest BCUT2D eigenvalue weighted by Crippen LogP contribution is 2.15. The highest BCUT2D eigenvalue weighted by Gasteiger charge is 2.25. The molecule has 0 heterocycles. The van der Waals surface area contributed by atoms with Crippen molar-refractivity contribution < 1.29 is 38.2 Å². The van der Waals surface area contributed by atoms with Crippen molar-refractivity contribution in [3.8, 4) is 0 Å². The fourth-order valence-corrected chi connectivity index (χ4v) is 7.94. The Morgan fingerprint density at radius 1 is 0.470 bits per heavy atom. The average Bonchev–Trinajstić information content (AvgIpc) is 3.28. The smallest absolute Gasteiger partial charge is 0.306 e. The number of nitrogens with zero attached hydrogens (tertiary/aromatic N) is 1. The largest absolute Gasteiger partial charge is 0.544 e. The quantitative estimate of drug-likeness (QED) is 0.0259. The molecule has 0 fully saturated rings. The zero-order valence-electron chi connectivity index (χ0n) is 43.6. The molecule has 0 bridgehead atoms. The molecule has 0 saturated carbocycles. The van der Waals surface area contributed by atoms with Crippen LogP contribution in [-0.4, -0.2) is 75.5 Å². The summed E-state index contributed by atoms with van der Waals surface area (Å²) >= 11 is 0. The Hall–Kier alpha value is -2.97. The number of carboxylic acid groups (broad SMARTS) is 1. The van der Waals surface area contributed by atoms with Crippen LogP contribution in [0, 0.1) is 0 Å². The van der Waals surface area contributed by atoms with Gasteiger partial charge in [-0.3, -0.25) is 9.59 Å². The minimum atomic E-state index is -1.13. The molecule has 66 heavy (non-hydrogen) atoms. The molecule has 0 aliphatic heterocycles. The van der Waals surface area contributed by atoms with Crippen molar-refractivity contribution in [2.24, 2.45) is 0 Å². The monoisotopic (exact) mass is 926 g/mol. The molecule has 0 amide bonds. The van der Waals surface area contributed by atoms with Gasteiger partial charge in [0.25, 0.3) is 0 Å². The van der Waals surface area contributed by atoms with Crippen molar-refractivity contribution in [3.63, 3.8) is 0 Å². The van der Waals surface area contributed by atoms with Crippen LogP contribution in [0.4, 0.5) is 0 Å². The van der Waals surface area contributed by atoms with Crippen LogP contribution in [-0.2, 0) is 28.6 Å². The number of carboxylic acids is 1. The van der Waals surface area contributed by atoms with Crippen molar-refractivity contribution in [1.29, 1.82) is 0 Å². The number of ether oxygens (including phenoxy) is 3. The summed E-state index contributed by atoms with van der Waals surface area (Å²) in [6.45, 7) is 4.56. The minimum absolute atomic E-state index is 0.0354. The van der Waals surface area contributed by atoms with Gasteiger partial charge in [-0.05, 0) is 77.0 Å². The summed E-state index contributed by atoms with van der Waals surface area (Å²) in [5.41, 5.74) is 0. The molecular formula is C58H103NO7. The first-order valence-corrected chi connectivity index (χ1v) is 27.3. The molecule has 0 spiro atoms. The Morgan fingerprint density at radius 2 is 0.848 bits per heavy atom. The first-order chi connectivity index (χ1) is 32.1. The fraction of sp³-hybridized carbons (Fsp3) is 0.776. The molecule has 8 heteroatoms. The van der Waals surface area contributed by atoms with Gasteiger partial charge >= 0.3 is 11.9 Å². The van der Waals surface area contributed by atoms with E-state index in [4.69, 9.17) is 14.2 Å². The summed E-state index contributed by atoms with van der Waals surface area (Å²) in [4.78, 5) is 37.1. The third-order valence-corrected chi connectivity index (χ3v) is 12.1. The lowest BCUT2D eigenvalue weighted by molar-refractivity contribution is -0.889. The maximum absolute atomic E-state index is 12.8. The van der Waals surface area contributed by atoms with Crippen LogP contribution in [0.25, 0.3) is 0 Å². The Kier molecular flexibility index (Phi) is 46.3. The number of hydrogen-bond donors (Lipinski definition) is 0. The maximum Gasteiger partial charge on any atom is 0.306 e. The van der Waals surface area contributed by atoms with Gasteiger partial charge in [0.2, 0.25) is 0 Å². The molecule has 0 aliphatic rings. The second-order valence-electron chi connectivity index (χ2n) is 19.4. The van der Waals surface area contributed by atoms with E-state index in [-0.39, 0.29) is 42.7 Å². The molecule has 2 atom stereocenters. The van der Waals surface area contributed by atoms with E-state index >= 15 is 0 Å². The average molecular weight is 926 g/mol. The Balaban J connectivity index is 4.23. The number of carbonyl (C=O) groups is 3. The number of hydrogen-bond acceptors (Lipinski definition) is 7. The zero-order chi connectivity index (χ0) is 48.4. The van der Waals surface area contributed by atoms with Gasteiger partial charge < -0.3 is 28.6 Å². The molecule has 0 aromatic carbocycles. The lowest BCUT2D eigenvalue weighted by atomic mass is 10.1. The van der Waals surface area contributed by atoms with E-state index in [0.29, 0.717) is 12.8 Å². The Bertz CT molecular complexity index is 1260. The van der Waals surface area contributed by atoms with Crippen LogP contribution >= 0.6 is 0 Å². The van der Waals surface area contributed by atoms with Gasteiger partial charge in [-0.2, -0.15) is 0 Å². The number of likely N-dealkylation sites (N-methyl/N-ethyl adjacent to an activating group) is 1. The number of rotatable bonds is 49. The first kappa shape index (κ1) is 63.0. The van der Waals surface area contributed by atoms with Gasteiger partial charge in [0.1, 0.15) is 12.6 Å². The van der Waals surface area contributed by atoms with Crippen LogP contribution in [0.15, 0.2) is 60.8 Å². The van der Waals surface area contributed by atoms with E-state index < -0.39 is 18.1 Å². The third-order valence-electron chi connectivity index (χ3n) is 12.1. The summed E-state index contributed by atoms with van der Waals surface area (Å²) in [6, 6.07) is -0.730.